The van der Waals surface area contributed by atoms with E-state index in [9.17, 15) is 0 Å². The van der Waals surface area contributed by atoms with E-state index in [2.05, 4.69) is 40.3 Å². The lowest BCUT2D eigenvalue weighted by Gasteiger charge is -2.19. The fourth-order valence-electron chi connectivity index (χ4n) is 4.08. The first-order chi connectivity index (χ1) is 14.7. The van der Waals surface area contributed by atoms with Crippen LogP contribution >= 0.6 is 0 Å². The molecule has 5 aromatic rings. The minimum Gasteiger partial charge on any atom is -0.320 e. The van der Waals surface area contributed by atoms with Crippen molar-refractivity contribution in [1.82, 2.24) is 9.97 Å². The van der Waals surface area contributed by atoms with Gasteiger partial charge in [-0.05, 0) is 46.5 Å². The van der Waals surface area contributed by atoms with Gasteiger partial charge in [-0.2, -0.15) is 0 Å². The Bertz CT molecular complexity index is 1230. The summed E-state index contributed by atoms with van der Waals surface area (Å²) in [7, 11) is 0. The van der Waals surface area contributed by atoms with Crippen molar-refractivity contribution >= 4 is 21.8 Å². The summed E-state index contributed by atoms with van der Waals surface area (Å²) in [6, 6.07) is 27.9. The summed E-state index contributed by atoms with van der Waals surface area (Å²) in [5.74, 6) is 0. The molecule has 0 aliphatic heterocycles. The molecule has 30 heavy (non-hydrogen) atoms. The van der Waals surface area contributed by atoms with Gasteiger partial charge in [-0.3, -0.25) is 9.97 Å². The van der Waals surface area contributed by atoms with Crippen LogP contribution in [0.1, 0.15) is 34.3 Å². The van der Waals surface area contributed by atoms with Crippen LogP contribution in [0.2, 0.25) is 0 Å². The minimum absolute atomic E-state index is 0.265. The molecule has 0 amide bonds. The predicted molar refractivity (Wildman–Crippen MR) is 122 cm³/mol. The summed E-state index contributed by atoms with van der Waals surface area (Å²) in [5.41, 5.74) is 19.5. The Morgan fingerprint density at radius 1 is 0.533 bits per heavy atom. The van der Waals surface area contributed by atoms with Crippen molar-refractivity contribution in [1.29, 1.82) is 0 Å². The normalized spacial score (nSPS) is 13.4. The zero-order chi connectivity index (χ0) is 20.5. The zero-order valence-electron chi connectivity index (χ0n) is 16.4. The number of pyridine rings is 2. The van der Waals surface area contributed by atoms with Gasteiger partial charge in [0, 0.05) is 23.2 Å². The Kier molecular flexibility index (Phi) is 4.71. The van der Waals surface area contributed by atoms with Crippen molar-refractivity contribution in [2.75, 3.05) is 0 Å². The average molecular weight is 390 g/mol. The van der Waals surface area contributed by atoms with Crippen molar-refractivity contribution in [3.05, 3.63) is 120 Å². The number of para-hydroxylation sites is 2. The van der Waals surface area contributed by atoms with E-state index >= 15 is 0 Å². The molecule has 146 valence electrons. The maximum Gasteiger partial charge on any atom is 0.0705 e. The molecule has 0 bridgehead atoms. The van der Waals surface area contributed by atoms with Gasteiger partial charge in [0.2, 0.25) is 0 Å². The SMILES string of the molecule is NC(c1cccc(C(N)c2ccnc3ccccc23)c1)c1ccnc2ccccc12. The molecule has 0 saturated heterocycles. The number of hydrogen-bond acceptors (Lipinski definition) is 4. The third kappa shape index (κ3) is 3.22. The maximum absolute atomic E-state index is 6.70. The lowest BCUT2D eigenvalue weighted by Crippen LogP contribution is -2.16. The molecule has 2 heterocycles. The van der Waals surface area contributed by atoms with Crippen molar-refractivity contribution in [3.63, 3.8) is 0 Å². The highest BCUT2D eigenvalue weighted by atomic mass is 14.7. The van der Waals surface area contributed by atoms with Gasteiger partial charge in [-0.1, -0.05) is 60.7 Å². The fourth-order valence-corrected chi connectivity index (χ4v) is 4.08. The predicted octanol–water partition coefficient (Wildman–Crippen LogP) is 4.88. The smallest absolute Gasteiger partial charge is 0.0705 e. The standard InChI is InChI=1S/C26H22N4/c27-25(21-12-14-29-23-10-3-1-8-19(21)23)17-6-5-7-18(16-17)26(28)22-13-15-30-24-11-4-2-9-20(22)24/h1-16,25-26H,27-28H2. The number of aromatic nitrogens is 2. The lowest BCUT2D eigenvalue weighted by molar-refractivity contribution is 0.846. The molecule has 4 nitrogen and oxygen atoms in total. The van der Waals surface area contributed by atoms with E-state index in [0.717, 1.165) is 44.1 Å². The van der Waals surface area contributed by atoms with Gasteiger partial charge >= 0.3 is 0 Å². The molecule has 4 heteroatoms. The highest BCUT2D eigenvalue weighted by molar-refractivity contribution is 5.83. The molecule has 0 saturated carbocycles. The summed E-state index contributed by atoms with van der Waals surface area (Å²) in [6.07, 6.45) is 3.63. The number of nitrogens with zero attached hydrogens (tertiary/aromatic N) is 2. The molecule has 0 aliphatic carbocycles. The van der Waals surface area contributed by atoms with Crippen LogP contribution in [0, 0.1) is 0 Å². The van der Waals surface area contributed by atoms with Crippen molar-refractivity contribution in [3.8, 4) is 0 Å². The van der Waals surface area contributed by atoms with E-state index in [4.69, 9.17) is 11.5 Å². The number of benzene rings is 3. The minimum atomic E-state index is -0.265. The Balaban J connectivity index is 1.55. The largest absolute Gasteiger partial charge is 0.320 e. The zero-order valence-corrected chi connectivity index (χ0v) is 16.4. The quantitative estimate of drug-likeness (QED) is 0.458. The molecule has 4 N–H and O–H groups in total. The lowest BCUT2D eigenvalue weighted by atomic mass is 9.91. The van der Waals surface area contributed by atoms with Crippen LogP contribution in [-0.2, 0) is 0 Å². The van der Waals surface area contributed by atoms with Crippen molar-refractivity contribution < 1.29 is 0 Å². The van der Waals surface area contributed by atoms with Gasteiger partial charge < -0.3 is 11.5 Å². The van der Waals surface area contributed by atoms with E-state index < -0.39 is 0 Å². The fraction of sp³-hybridized carbons (Fsp3) is 0.0769. The first kappa shape index (κ1) is 18.4. The molecule has 0 radical (unpaired) electrons. The second-order valence-corrected chi connectivity index (χ2v) is 7.46. The van der Waals surface area contributed by atoms with E-state index in [1.165, 1.54) is 0 Å². The molecular formula is C26H22N4. The van der Waals surface area contributed by atoms with Crippen LogP contribution in [-0.4, -0.2) is 9.97 Å². The number of nitrogens with two attached hydrogens (primary N) is 2. The number of rotatable bonds is 4. The first-order valence-corrected chi connectivity index (χ1v) is 10.0. The Morgan fingerprint density at radius 2 is 1.00 bits per heavy atom. The molecule has 5 rings (SSSR count). The monoisotopic (exact) mass is 390 g/mol. The number of fused-ring (bicyclic) bond motifs is 2. The van der Waals surface area contributed by atoms with Crippen LogP contribution < -0.4 is 11.5 Å². The van der Waals surface area contributed by atoms with Gasteiger partial charge in [-0.15, -0.1) is 0 Å². The maximum atomic E-state index is 6.70. The summed E-state index contributed by atoms with van der Waals surface area (Å²) in [4.78, 5) is 8.90. The molecule has 0 spiro atoms. The van der Waals surface area contributed by atoms with E-state index in [0.29, 0.717) is 0 Å². The molecule has 0 aliphatic rings. The topological polar surface area (TPSA) is 77.8 Å². The highest BCUT2D eigenvalue weighted by Crippen LogP contribution is 2.30. The first-order valence-electron chi connectivity index (χ1n) is 10.0. The molecule has 3 aromatic carbocycles. The summed E-state index contributed by atoms with van der Waals surface area (Å²) in [6.45, 7) is 0. The highest BCUT2D eigenvalue weighted by Gasteiger charge is 2.17. The Labute approximate surface area is 175 Å². The van der Waals surface area contributed by atoms with Gasteiger partial charge in [0.1, 0.15) is 0 Å². The van der Waals surface area contributed by atoms with Crippen LogP contribution in [0.3, 0.4) is 0 Å². The van der Waals surface area contributed by atoms with Crippen molar-refractivity contribution in [2.45, 2.75) is 12.1 Å². The van der Waals surface area contributed by atoms with E-state index in [1.807, 2.05) is 67.0 Å². The summed E-state index contributed by atoms with van der Waals surface area (Å²) in [5, 5.41) is 2.14. The second kappa shape index (κ2) is 7.67. The third-order valence-corrected chi connectivity index (χ3v) is 5.66. The number of hydrogen-bond donors (Lipinski definition) is 2. The molecule has 0 fully saturated rings. The molecule has 2 aromatic heterocycles. The van der Waals surface area contributed by atoms with E-state index in [-0.39, 0.29) is 12.1 Å². The average Bonchev–Trinajstić information content (AvgIpc) is 2.82. The molecule has 2 unspecified atom stereocenters. The van der Waals surface area contributed by atoms with Crippen LogP contribution in [0.25, 0.3) is 21.8 Å². The Hall–Kier alpha value is -3.60. The van der Waals surface area contributed by atoms with Crippen LogP contribution in [0.5, 0.6) is 0 Å². The molecular weight excluding hydrogens is 368 g/mol. The van der Waals surface area contributed by atoms with Gasteiger partial charge in [0.05, 0.1) is 23.1 Å². The summed E-state index contributed by atoms with van der Waals surface area (Å²) < 4.78 is 0. The Morgan fingerprint density at radius 3 is 1.50 bits per heavy atom. The van der Waals surface area contributed by atoms with Crippen LogP contribution in [0.15, 0.2) is 97.3 Å². The van der Waals surface area contributed by atoms with Gasteiger partial charge in [0.15, 0.2) is 0 Å². The van der Waals surface area contributed by atoms with Gasteiger partial charge in [0.25, 0.3) is 0 Å². The second-order valence-electron chi connectivity index (χ2n) is 7.46. The van der Waals surface area contributed by atoms with Gasteiger partial charge in [-0.25, -0.2) is 0 Å². The van der Waals surface area contributed by atoms with Crippen molar-refractivity contribution in [2.24, 2.45) is 11.5 Å². The van der Waals surface area contributed by atoms with Crippen LogP contribution in [0.4, 0.5) is 0 Å². The molecule has 2 atom stereocenters. The third-order valence-electron chi connectivity index (χ3n) is 5.66. The van der Waals surface area contributed by atoms with E-state index in [1.54, 1.807) is 0 Å². The summed E-state index contributed by atoms with van der Waals surface area (Å²) >= 11 is 0.